The van der Waals surface area contributed by atoms with Gasteiger partial charge in [0, 0.05) is 5.69 Å². The van der Waals surface area contributed by atoms with Gasteiger partial charge in [-0.2, -0.15) is 0 Å². The maximum absolute atomic E-state index is 13.2. The molecule has 1 aromatic rings. The summed E-state index contributed by atoms with van der Waals surface area (Å²) >= 11 is 0. The Morgan fingerprint density at radius 1 is 1.39 bits per heavy atom. The van der Waals surface area contributed by atoms with E-state index < -0.39 is 26.8 Å². The van der Waals surface area contributed by atoms with E-state index in [4.69, 9.17) is 9.88 Å². The summed E-state index contributed by atoms with van der Waals surface area (Å²) in [6, 6.07) is 2.75. The molecule has 0 unspecified atom stereocenters. The molecule has 0 radical (unpaired) electrons. The molecule has 0 fully saturated rings. The summed E-state index contributed by atoms with van der Waals surface area (Å²) in [5, 5.41) is 7.07. The monoisotopic (exact) mass is 276 g/mol. The highest BCUT2D eigenvalue weighted by atomic mass is 32.2. The number of nitrogens with one attached hydrogen (secondary N) is 1. The molecule has 0 saturated heterocycles. The maximum atomic E-state index is 13.2. The van der Waals surface area contributed by atoms with Gasteiger partial charge in [-0.05, 0) is 32.0 Å². The molecule has 8 heteroatoms. The molecular formula is C10H13FN2O4S. The van der Waals surface area contributed by atoms with Crippen LogP contribution >= 0.6 is 0 Å². The van der Waals surface area contributed by atoms with Crippen LogP contribution in [0, 0.1) is 5.82 Å². The lowest BCUT2D eigenvalue weighted by Gasteiger charge is -2.10. The minimum atomic E-state index is -4.04. The average Bonchev–Trinajstić information content (AvgIpc) is 2.13. The molecule has 1 rings (SSSR count). The molecular weight excluding hydrogens is 263 g/mol. The van der Waals surface area contributed by atoms with E-state index in [2.05, 4.69) is 5.32 Å². The quantitative estimate of drug-likeness (QED) is 0.872. The van der Waals surface area contributed by atoms with E-state index in [-0.39, 0.29) is 11.8 Å². The molecule has 100 valence electrons. The first-order chi connectivity index (χ1) is 8.18. The molecule has 0 atom stereocenters. The number of ether oxygens (including phenoxy) is 1. The Kier molecular flexibility index (Phi) is 4.25. The Morgan fingerprint density at radius 3 is 2.50 bits per heavy atom. The highest BCUT2D eigenvalue weighted by Gasteiger charge is 2.13. The molecule has 0 heterocycles. The predicted octanol–water partition coefficient (Wildman–Crippen LogP) is 1.43. The number of sulfonamides is 1. The van der Waals surface area contributed by atoms with E-state index >= 15 is 0 Å². The van der Waals surface area contributed by atoms with Gasteiger partial charge in [0.1, 0.15) is 5.82 Å². The van der Waals surface area contributed by atoms with Crippen molar-refractivity contribution in [1.82, 2.24) is 0 Å². The zero-order valence-corrected chi connectivity index (χ0v) is 10.6. The number of primary sulfonamides is 1. The van der Waals surface area contributed by atoms with E-state index in [1.807, 2.05) is 0 Å². The number of nitrogens with two attached hydrogens (primary N) is 1. The van der Waals surface area contributed by atoms with Gasteiger partial charge in [-0.15, -0.1) is 0 Å². The summed E-state index contributed by atoms with van der Waals surface area (Å²) in [4.78, 5) is 10.8. The third-order valence-electron chi connectivity index (χ3n) is 1.79. The molecule has 6 nitrogen and oxygen atoms in total. The fraction of sp³-hybridized carbons (Fsp3) is 0.300. The van der Waals surface area contributed by atoms with Crippen molar-refractivity contribution >= 4 is 21.8 Å². The van der Waals surface area contributed by atoms with Gasteiger partial charge in [0.05, 0.1) is 11.0 Å². The van der Waals surface area contributed by atoms with Gasteiger partial charge in [-0.3, -0.25) is 5.32 Å². The topological polar surface area (TPSA) is 98.5 Å². The molecule has 3 N–H and O–H groups in total. The molecule has 1 aromatic carbocycles. The Morgan fingerprint density at radius 2 is 2.00 bits per heavy atom. The van der Waals surface area contributed by atoms with Crippen molar-refractivity contribution in [1.29, 1.82) is 0 Å². The molecule has 0 saturated carbocycles. The predicted molar refractivity (Wildman–Crippen MR) is 63.0 cm³/mol. The second-order valence-electron chi connectivity index (χ2n) is 3.80. The first-order valence-electron chi connectivity index (χ1n) is 4.99. The highest BCUT2D eigenvalue weighted by molar-refractivity contribution is 7.89. The van der Waals surface area contributed by atoms with Crippen molar-refractivity contribution in [3.05, 3.63) is 24.0 Å². The molecule has 0 aliphatic carbocycles. The van der Waals surface area contributed by atoms with Crippen molar-refractivity contribution in [3.8, 4) is 0 Å². The van der Waals surface area contributed by atoms with Gasteiger partial charge in [-0.1, -0.05) is 0 Å². The largest absolute Gasteiger partial charge is 0.447 e. The van der Waals surface area contributed by atoms with Crippen LogP contribution in [0.5, 0.6) is 0 Å². The summed E-state index contributed by atoms with van der Waals surface area (Å²) in [7, 11) is -4.04. The van der Waals surface area contributed by atoms with Gasteiger partial charge >= 0.3 is 6.09 Å². The second-order valence-corrected chi connectivity index (χ2v) is 5.36. The number of hydrogen-bond acceptors (Lipinski definition) is 4. The zero-order valence-electron chi connectivity index (χ0n) is 9.81. The Balaban J connectivity index is 2.97. The molecule has 0 bridgehead atoms. The number of halogens is 1. The summed E-state index contributed by atoms with van der Waals surface area (Å²) in [5.74, 6) is -0.832. The van der Waals surface area contributed by atoms with Gasteiger partial charge in [-0.25, -0.2) is 22.7 Å². The van der Waals surface area contributed by atoms with Crippen molar-refractivity contribution < 1.29 is 22.3 Å². The lowest BCUT2D eigenvalue weighted by molar-refractivity contribution is 0.130. The van der Waals surface area contributed by atoms with E-state index in [0.717, 1.165) is 18.2 Å². The van der Waals surface area contributed by atoms with Crippen LogP contribution in [0.4, 0.5) is 14.9 Å². The van der Waals surface area contributed by atoms with Crippen molar-refractivity contribution in [3.63, 3.8) is 0 Å². The minimum Gasteiger partial charge on any atom is -0.447 e. The van der Waals surface area contributed by atoms with Crippen molar-refractivity contribution in [2.45, 2.75) is 24.8 Å². The number of anilines is 1. The fourth-order valence-corrected chi connectivity index (χ4v) is 1.73. The highest BCUT2D eigenvalue weighted by Crippen LogP contribution is 2.17. The fourth-order valence-electron chi connectivity index (χ4n) is 1.16. The van der Waals surface area contributed by atoms with Gasteiger partial charge < -0.3 is 4.74 Å². The molecule has 1 amide bonds. The van der Waals surface area contributed by atoms with Crippen LogP contribution in [-0.4, -0.2) is 20.6 Å². The number of carbonyl (C=O) groups excluding carboxylic acids is 1. The summed E-state index contributed by atoms with van der Waals surface area (Å²) in [6.07, 6.45) is -1.16. The van der Waals surface area contributed by atoms with E-state index in [0.29, 0.717) is 0 Å². The van der Waals surface area contributed by atoms with Crippen molar-refractivity contribution in [2.24, 2.45) is 5.14 Å². The van der Waals surface area contributed by atoms with Crippen LogP contribution in [0.25, 0.3) is 0 Å². The van der Waals surface area contributed by atoms with E-state index in [9.17, 15) is 17.6 Å². The Labute approximate surface area is 104 Å². The number of benzene rings is 1. The normalized spacial score (nSPS) is 11.4. The molecule has 0 aromatic heterocycles. The molecule has 0 spiro atoms. The van der Waals surface area contributed by atoms with E-state index in [1.165, 1.54) is 0 Å². The SMILES string of the molecule is CC(C)OC(=O)Nc1cc(F)cc(S(N)(=O)=O)c1. The first kappa shape index (κ1) is 14.4. The minimum absolute atomic E-state index is 0.0512. The van der Waals surface area contributed by atoms with Crippen LogP contribution in [0.15, 0.2) is 23.1 Å². The number of carbonyl (C=O) groups is 1. The number of hydrogen-bond donors (Lipinski definition) is 2. The van der Waals surface area contributed by atoms with Crippen LogP contribution in [0.3, 0.4) is 0 Å². The smallest absolute Gasteiger partial charge is 0.411 e. The van der Waals surface area contributed by atoms with Crippen LogP contribution in [0.1, 0.15) is 13.8 Å². The Bertz CT molecular complexity index is 557. The summed E-state index contributed by atoms with van der Waals surface area (Å²) < 4.78 is 40.1. The van der Waals surface area contributed by atoms with Crippen LogP contribution in [0.2, 0.25) is 0 Å². The summed E-state index contributed by atoms with van der Waals surface area (Å²) in [5.41, 5.74) is -0.0512. The summed E-state index contributed by atoms with van der Waals surface area (Å²) in [6.45, 7) is 3.28. The molecule has 0 aliphatic heterocycles. The van der Waals surface area contributed by atoms with Crippen LogP contribution in [-0.2, 0) is 14.8 Å². The number of amides is 1. The van der Waals surface area contributed by atoms with Gasteiger partial charge in [0.25, 0.3) is 0 Å². The molecule has 18 heavy (non-hydrogen) atoms. The van der Waals surface area contributed by atoms with Crippen LogP contribution < -0.4 is 10.5 Å². The van der Waals surface area contributed by atoms with E-state index in [1.54, 1.807) is 13.8 Å². The van der Waals surface area contributed by atoms with Crippen molar-refractivity contribution in [2.75, 3.05) is 5.32 Å². The Hall–Kier alpha value is -1.67. The number of rotatable bonds is 3. The lowest BCUT2D eigenvalue weighted by atomic mass is 10.3. The third-order valence-corrected chi connectivity index (χ3v) is 2.68. The maximum Gasteiger partial charge on any atom is 0.411 e. The molecule has 0 aliphatic rings. The standard InChI is InChI=1S/C10H13FN2O4S/c1-6(2)17-10(14)13-8-3-7(11)4-9(5-8)18(12,15)16/h3-6H,1-2H3,(H,13,14)(H2,12,15,16). The first-order valence-corrected chi connectivity index (χ1v) is 6.54. The lowest BCUT2D eigenvalue weighted by Crippen LogP contribution is -2.19. The average molecular weight is 276 g/mol. The van der Waals surface area contributed by atoms with Gasteiger partial charge in [0.2, 0.25) is 10.0 Å². The zero-order chi connectivity index (χ0) is 13.9. The second kappa shape index (κ2) is 5.32. The van der Waals surface area contributed by atoms with Gasteiger partial charge in [0.15, 0.2) is 0 Å². The third kappa shape index (κ3) is 4.30.